The first kappa shape index (κ1) is 16.9. The van der Waals surface area contributed by atoms with Crippen molar-refractivity contribution >= 4 is 17.1 Å². The van der Waals surface area contributed by atoms with Gasteiger partial charge in [-0.05, 0) is 48.5 Å². The number of nitrogens with zero attached hydrogens (tertiary/aromatic N) is 3. The van der Waals surface area contributed by atoms with Crippen LogP contribution in [0, 0.1) is 0 Å². The summed E-state index contributed by atoms with van der Waals surface area (Å²) in [5, 5.41) is 8.46. The van der Waals surface area contributed by atoms with Crippen molar-refractivity contribution in [3.05, 3.63) is 48.5 Å². The van der Waals surface area contributed by atoms with E-state index in [0.29, 0.717) is 13.1 Å². The summed E-state index contributed by atoms with van der Waals surface area (Å²) in [5.41, 5.74) is 13.9. The maximum absolute atomic E-state index is 5.63. The summed E-state index contributed by atoms with van der Waals surface area (Å²) in [7, 11) is 1.64. The standard InChI is InChI=1S/C17H23N5O/c1-23-17-8-4-15(5-9-17)21-20-14-2-6-16(7-3-14)22(12-10-18)13-11-19/h2-9H,10-13,18-19H2,1H3/b21-20+. The third kappa shape index (κ3) is 5.05. The van der Waals surface area contributed by atoms with Gasteiger partial charge in [0, 0.05) is 31.9 Å². The van der Waals surface area contributed by atoms with Gasteiger partial charge in [-0.1, -0.05) is 0 Å². The molecule has 6 heteroatoms. The molecule has 0 saturated heterocycles. The van der Waals surface area contributed by atoms with Gasteiger partial charge in [0.1, 0.15) is 5.75 Å². The molecular weight excluding hydrogens is 290 g/mol. The van der Waals surface area contributed by atoms with Gasteiger partial charge in [-0.15, -0.1) is 0 Å². The normalized spacial score (nSPS) is 10.9. The van der Waals surface area contributed by atoms with Gasteiger partial charge in [0.05, 0.1) is 18.5 Å². The second-order valence-electron chi connectivity index (χ2n) is 4.98. The molecule has 0 saturated carbocycles. The maximum atomic E-state index is 5.63. The van der Waals surface area contributed by atoms with Crippen molar-refractivity contribution in [2.24, 2.45) is 21.7 Å². The highest BCUT2D eigenvalue weighted by Crippen LogP contribution is 2.23. The summed E-state index contributed by atoms with van der Waals surface area (Å²) in [6, 6.07) is 15.3. The van der Waals surface area contributed by atoms with Gasteiger partial charge in [0.25, 0.3) is 0 Å². The predicted molar refractivity (Wildman–Crippen MR) is 93.9 cm³/mol. The Hall–Kier alpha value is -2.44. The molecule has 0 fully saturated rings. The summed E-state index contributed by atoms with van der Waals surface area (Å²) in [6.07, 6.45) is 0. The van der Waals surface area contributed by atoms with Gasteiger partial charge in [-0.25, -0.2) is 0 Å². The van der Waals surface area contributed by atoms with Crippen LogP contribution in [0.15, 0.2) is 58.8 Å². The van der Waals surface area contributed by atoms with Crippen LogP contribution < -0.4 is 21.1 Å². The van der Waals surface area contributed by atoms with Crippen molar-refractivity contribution in [1.29, 1.82) is 0 Å². The molecule has 4 N–H and O–H groups in total. The summed E-state index contributed by atoms with van der Waals surface area (Å²) in [4.78, 5) is 2.16. The minimum Gasteiger partial charge on any atom is -0.497 e. The van der Waals surface area contributed by atoms with E-state index in [2.05, 4.69) is 15.1 Å². The molecule has 122 valence electrons. The van der Waals surface area contributed by atoms with Crippen LogP contribution in [0.1, 0.15) is 0 Å². The van der Waals surface area contributed by atoms with Crippen molar-refractivity contribution in [3.8, 4) is 5.75 Å². The molecule has 0 unspecified atom stereocenters. The van der Waals surface area contributed by atoms with Crippen LogP contribution in [0.25, 0.3) is 0 Å². The average molecular weight is 313 g/mol. The Morgan fingerprint density at radius 2 is 1.30 bits per heavy atom. The molecule has 0 aliphatic carbocycles. The molecule has 23 heavy (non-hydrogen) atoms. The molecule has 6 nitrogen and oxygen atoms in total. The van der Waals surface area contributed by atoms with E-state index in [0.717, 1.165) is 35.9 Å². The molecule has 0 aliphatic heterocycles. The van der Waals surface area contributed by atoms with Crippen LogP contribution in [0.3, 0.4) is 0 Å². The van der Waals surface area contributed by atoms with E-state index >= 15 is 0 Å². The molecule has 2 rings (SSSR count). The number of azo groups is 1. The van der Waals surface area contributed by atoms with Crippen molar-refractivity contribution < 1.29 is 4.74 Å². The molecule has 2 aromatic rings. The molecule has 0 radical (unpaired) electrons. The van der Waals surface area contributed by atoms with Crippen LogP contribution in [0.2, 0.25) is 0 Å². The fourth-order valence-corrected chi connectivity index (χ4v) is 2.18. The van der Waals surface area contributed by atoms with Gasteiger partial charge >= 0.3 is 0 Å². The summed E-state index contributed by atoms with van der Waals surface area (Å²) in [6.45, 7) is 2.76. The van der Waals surface area contributed by atoms with Crippen LogP contribution in [-0.2, 0) is 0 Å². The Morgan fingerprint density at radius 3 is 1.74 bits per heavy atom. The lowest BCUT2D eigenvalue weighted by Gasteiger charge is -2.23. The number of hydrogen-bond donors (Lipinski definition) is 2. The minimum atomic E-state index is 0.596. The molecule has 0 spiro atoms. The van der Waals surface area contributed by atoms with E-state index in [9.17, 15) is 0 Å². The number of anilines is 1. The number of nitrogens with two attached hydrogens (primary N) is 2. The van der Waals surface area contributed by atoms with Gasteiger partial charge < -0.3 is 21.1 Å². The van der Waals surface area contributed by atoms with Gasteiger partial charge in [-0.2, -0.15) is 10.2 Å². The number of rotatable bonds is 8. The van der Waals surface area contributed by atoms with Crippen LogP contribution in [-0.4, -0.2) is 33.3 Å². The third-order valence-corrected chi connectivity index (χ3v) is 3.37. The van der Waals surface area contributed by atoms with Gasteiger partial charge in [0.15, 0.2) is 0 Å². The summed E-state index contributed by atoms with van der Waals surface area (Å²) >= 11 is 0. The highest BCUT2D eigenvalue weighted by atomic mass is 16.5. The minimum absolute atomic E-state index is 0.596. The number of hydrogen-bond acceptors (Lipinski definition) is 6. The average Bonchev–Trinajstić information content (AvgIpc) is 2.61. The molecule has 0 aromatic heterocycles. The van der Waals surface area contributed by atoms with Crippen molar-refractivity contribution in [2.75, 3.05) is 38.2 Å². The fourth-order valence-electron chi connectivity index (χ4n) is 2.18. The Bertz CT molecular complexity index is 604. The van der Waals surface area contributed by atoms with Gasteiger partial charge in [0.2, 0.25) is 0 Å². The second kappa shape index (κ2) is 8.87. The molecule has 2 aromatic carbocycles. The molecule has 0 amide bonds. The maximum Gasteiger partial charge on any atom is 0.119 e. The van der Waals surface area contributed by atoms with E-state index in [1.54, 1.807) is 7.11 Å². The Kier molecular flexibility index (Phi) is 6.53. The lowest BCUT2D eigenvalue weighted by Crippen LogP contribution is -2.33. The first-order chi connectivity index (χ1) is 11.3. The summed E-state index contributed by atoms with van der Waals surface area (Å²) < 4.78 is 5.11. The second-order valence-corrected chi connectivity index (χ2v) is 4.98. The number of methoxy groups -OCH3 is 1. The third-order valence-electron chi connectivity index (χ3n) is 3.37. The molecule has 0 atom stereocenters. The first-order valence-corrected chi connectivity index (χ1v) is 7.57. The largest absolute Gasteiger partial charge is 0.497 e. The monoisotopic (exact) mass is 313 g/mol. The van der Waals surface area contributed by atoms with E-state index in [-0.39, 0.29) is 0 Å². The SMILES string of the molecule is COc1ccc(/N=N/c2ccc(N(CCN)CCN)cc2)cc1. The zero-order valence-corrected chi connectivity index (χ0v) is 13.4. The zero-order chi connectivity index (χ0) is 16.5. The number of ether oxygens (including phenoxy) is 1. The summed E-state index contributed by atoms with van der Waals surface area (Å²) in [5.74, 6) is 0.799. The van der Waals surface area contributed by atoms with E-state index in [1.807, 2.05) is 48.5 Å². The van der Waals surface area contributed by atoms with Crippen molar-refractivity contribution in [3.63, 3.8) is 0 Å². The molecule has 0 bridgehead atoms. The van der Waals surface area contributed by atoms with E-state index < -0.39 is 0 Å². The molecule has 0 aliphatic rings. The van der Waals surface area contributed by atoms with E-state index in [4.69, 9.17) is 16.2 Å². The topological polar surface area (TPSA) is 89.2 Å². The van der Waals surface area contributed by atoms with Crippen LogP contribution in [0.4, 0.5) is 17.1 Å². The van der Waals surface area contributed by atoms with Crippen molar-refractivity contribution in [2.45, 2.75) is 0 Å². The smallest absolute Gasteiger partial charge is 0.119 e. The molecular formula is C17H23N5O. The first-order valence-electron chi connectivity index (χ1n) is 7.57. The molecule has 0 heterocycles. The highest BCUT2D eigenvalue weighted by molar-refractivity contribution is 5.53. The quantitative estimate of drug-likeness (QED) is 0.733. The lowest BCUT2D eigenvalue weighted by atomic mass is 10.2. The van der Waals surface area contributed by atoms with Crippen molar-refractivity contribution in [1.82, 2.24) is 0 Å². The fraction of sp³-hybridized carbons (Fsp3) is 0.294. The van der Waals surface area contributed by atoms with Crippen LogP contribution >= 0.6 is 0 Å². The lowest BCUT2D eigenvalue weighted by molar-refractivity contribution is 0.415. The Morgan fingerprint density at radius 1 is 0.826 bits per heavy atom. The number of benzene rings is 2. The predicted octanol–water partition coefficient (Wildman–Crippen LogP) is 2.83. The Labute approximate surface area is 136 Å². The van der Waals surface area contributed by atoms with E-state index in [1.165, 1.54) is 0 Å². The highest BCUT2D eigenvalue weighted by Gasteiger charge is 2.04. The van der Waals surface area contributed by atoms with Crippen LogP contribution in [0.5, 0.6) is 5.75 Å². The zero-order valence-electron chi connectivity index (χ0n) is 13.4. The Balaban J connectivity index is 2.04. The van der Waals surface area contributed by atoms with Gasteiger partial charge in [-0.3, -0.25) is 0 Å².